The van der Waals surface area contributed by atoms with Crippen LogP contribution in [0.4, 0.5) is 0 Å². The maximum Gasteiger partial charge on any atom is 0.0759 e. The number of fused-ring (bicyclic) bond motifs is 1. The zero-order valence-corrected chi connectivity index (χ0v) is 7.25. The topological polar surface area (TPSA) is 20.2 Å². The van der Waals surface area contributed by atoms with Gasteiger partial charge in [-0.3, -0.25) is 0 Å². The maximum atomic E-state index is 9.66. The van der Waals surface area contributed by atoms with Gasteiger partial charge in [-0.25, -0.2) is 0 Å². The molecule has 0 aliphatic heterocycles. The second-order valence-electron chi connectivity index (χ2n) is 4.14. The van der Waals surface area contributed by atoms with E-state index in [4.69, 9.17) is 0 Å². The van der Waals surface area contributed by atoms with Crippen LogP contribution in [0, 0.1) is 17.8 Å². The molecule has 2 rings (SSSR count). The van der Waals surface area contributed by atoms with Gasteiger partial charge in [0.2, 0.25) is 0 Å². The van der Waals surface area contributed by atoms with E-state index in [0.717, 1.165) is 5.92 Å². The van der Waals surface area contributed by atoms with Gasteiger partial charge >= 0.3 is 0 Å². The van der Waals surface area contributed by atoms with Gasteiger partial charge < -0.3 is 5.11 Å². The second-order valence-corrected chi connectivity index (χ2v) is 4.14. The minimum atomic E-state index is -0.141. The lowest BCUT2D eigenvalue weighted by atomic mass is 9.89. The molecule has 4 atom stereocenters. The third kappa shape index (κ3) is 0.943. The minimum Gasteiger partial charge on any atom is -0.389 e. The van der Waals surface area contributed by atoms with E-state index in [-0.39, 0.29) is 6.10 Å². The highest BCUT2D eigenvalue weighted by Gasteiger charge is 2.41. The fraction of sp³-hybridized carbons (Fsp3) is 0.800. The van der Waals surface area contributed by atoms with Crippen LogP contribution in [0.5, 0.6) is 0 Å². The van der Waals surface area contributed by atoms with E-state index < -0.39 is 0 Å². The van der Waals surface area contributed by atoms with E-state index in [1.165, 1.54) is 18.4 Å². The van der Waals surface area contributed by atoms with Crippen LogP contribution in [0.1, 0.15) is 26.7 Å². The van der Waals surface area contributed by atoms with E-state index >= 15 is 0 Å². The van der Waals surface area contributed by atoms with Gasteiger partial charge in [0, 0.05) is 0 Å². The van der Waals surface area contributed by atoms with Crippen molar-refractivity contribution in [3.8, 4) is 0 Å². The van der Waals surface area contributed by atoms with E-state index in [2.05, 4.69) is 13.8 Å². The Morgan fingerprint density at radius 1 is 1.45 bits per heavy atom. The van der Waals surface area contributed by atoms with Gasteiger partial charge in [0.15, 0.2) is 0 Å². The van der Waals surface area contributed by atoms with Crippen molar-refractivity contribution in [1.29, 1.82) is 0 Å². The molecule has 4 unspecified atom stereocenters. The highest BCUT2D eigenvalue weighted by molar-refractivity contribution is 5.20. The standard InChI is InChI=1S/C10H16O/c1-6-3-4-8-7(2)5-9(11)10(6)8/h5-6,8-11H,3-4H2,1-2H3. The van der Waals surface area contributed by atoms with Gasteiger partial charge in [0.25, 0.3) is 0 Å². The normalized spacial score (nSPS) is 49.2. The number of hydrogen-bond acceptors (Lipinski definition) is 1. The lowest BCUT2D eigenvalue weighted by Gasteiger charge is -2.18. The Hall–Kier alpha value is -0.300. The Bertz CT molecular complexity index is 195. The van der Waals surface area contributed by atoms with E-state index in [1.807, 2.05) is 6.08 Å². The Labute approximate surface area is 68.1 Å². The van der Waals surface area contributed by atoms with Crippen molar-refractivity contribution in [1.82, 2.24) is 0 Å². The molecule has 1 N–H and O–H groups in total. The summed E-state index contributed by atoms with van der Waals surface area (Å²) in [5.41, 5.74) is 1.42. The minimum absolute atomic E-state index is 0.141. The Morgan fingerprint density at radius 2 is 2.18 bits per heavy atom. The molecule has 0 aromatic carbocycles. The molecule has 0 amide bonds. The van der Waals surface area contributed by atoms with Gasteiger partial charge in [-0.1, -0.05) is 18.6 Å². The number of allylic oxidation sites excluding steroid dienone is 1. The van der Waals surface area contributed by atoms with Crippen LogP contribution in [0.3, 0.4) is 0 Å². The zero-order valence-electron chi connectivity index (χ0n) is 7.25. The molecule has 0 heterocycles. The monoisotopic (exact) mass is 152 g/mol. The molecule has 1 fully saturated rings. The fourth-order valence-corrected chi connectivity index (χ4v) is 2.83. The van der Waals surface area contributed by atoms with Crippen molar-refractivity contribution in [2.24, 2.45) is 17.8 Å². The van der Waals surface area contributed by atoms with Crippen LogP contribution in [0.2, 0.25) is 0 Å². The van der Waals surface area contributed by atoms with E-state index in [1.54, 1.807) is 0 Å². The molecule has 1 saturated carbocycles. The van der Waals surface area contributed by atoms with Crippen molar-refractivity contribution in [2.45, 2.75) is 32.8 Å². The van der Waals surface area contributed by atoms with Crippen LogP contribution in [0.25, 0.3) is 0 Å². The maximum absolute atomic E-state index is 9.66. The molecule has 0 saturated heterocycles. The molecule has 11 heavy (non-hydrogen) atoms. The predicted octanol–water partition coefficient (Wildman–Crippen LogP) is 1.97. The van der Waals surface area contributed by atoms with Crippen molar-refractivity contribution in [3.05, 3.63) is 11.6 Å². The number of hydrogen-bond donors (Lipinski definition) is 1. The molecular weight excluding hydrogens is 136 g/mol. The molecule has 2 aliphatic carbocycles. The Morgan fingerprint density at radius 3 is 2.82 bits per heavy atom. The predicted molar refractivity (Wildman–Crippen MR) is 45.1 cm³/mol. The first-order valence-corrected chi connectivity index (χ1v) is 4.56. The number of aliphatic hydroxyl groups excluding tert-OH is 1. The van der Waals surface area contributed by atoms with Crippen molar-refractivity contribution >= 4 is 0 Å². The summed E-state index contributed by atoms with van der Waals surface area (Å²) in [6.45, 7) is 4.42. The molecule has 0 bridgehead atoms. The van der Waals surface area contributed by atoms with Crippen LogP contribution in [-0.2, 0) is 0 Å². The quantitative estimate of drug-likeness (QED) is 0.526. The third-order valence-corrected chi connectivity index (χ3v) is 3.47. The molecule has 0 aromatic heterocycles. The lowest BCUT2D eigenvalue weighted by Crippen LogP contribution is -2.20. The lowest BCUT2D eigenvalue weighted by molar-refractivity contribution is 0.129. The van der Waals surface area contributed by atoms with Crippen LogP contribution >= 0.6 is 0 Å². The van der Waals surface area contributed by atoms with Gasteiger partial charge in [0.1, 0.15) is 0 Å². The van der Waals surface area contributed by atoms with Crippen molar-refractivity contribution in [3.63, 3.8) is 0 Å². The highest BCUT2D eigenvalue weighted by Crippen LogP contribution is 2.47. The summed E-state index contributed by atoms with van der Waals surface area (Å²) in [7, 11) is 0. The summed E-state index contributed by atoms with van der Waals surface area (Å²) in [4.78, 5) is 0. The largest absolute Gasteiger partial charge is 0.389 e. The first-order chi connectivity index (χ1) is 5.20. The van der Waals surface area contributed by atoms with Crippen LogP contribution < -0.4 is 0 Å². The van der Waals surface area contributed by atoms with Gasteiger partial charge in [-0.2, -0.15) is 0 Å². The number of rotatable bonds is 0. The summed E-state index contributed by atoms with van der Waals surface area (Å²) in [5, 5.41) is 9.66. The van der Waals surface area contributed by atoms with Gasteiger partial charge in [0.05, 0.1) is 6.10 Å². The molecule has 0 radical (unpaired) electrons. The Kier molecular flexibility index (Phi) is 1.57. The Balaban J connectivity index is 2.23. The molecule has 0 aromatic rings. The van der Waals surface area contributed by atoms with Crippen LogP contribution in [-0.4, -0.2) is 11.2 Å². The smallest absolute Gasteiger partial charge is 0.0759 e. The molecule has 0 spiro atoms. The third-order valence-electron chi connectivity index (χ3n) is 3.47. The van der Waals surface area contributed by atoms with Gasteiger partial charge in [-0.15, -0.1) is 0 Å². The molecular formula is C10H16O. The van der Waals surface area contributed by atoms with Crippen molar-refractivity contribution in [2.75, 3.05) is 0 Å². The zero-order chi connectivity index (χ0) is 8.01. The second kappa shape index (κ2) is 2.34. The summed E-state index contributed by atoms with van der Waals surface area (Å²) in [6, 6.07) is 0. The average molecular weight is 152 g/mol. The highest BCUT2D eigenvalue weighted by atomic mass is 16.3. The van der Waals surface area contributed by atoms with E-state index in [9.17, 15) is 5.11 Å². The summed E-state index contributed by atoms with van der Waals surface area (Å²) >= 11 is 0. The fourth-order valence-electron chi connectivity index (χ4n) is 2.83. The first-order valence-electron chi connectivity index (χ1n) is 4.56. The van der Waals surface area contributed by atoms with Crippen molar-refractivity contribution < 1.29 is 5.11 Å². The first kappa shape index (κ1) is 7.35. The number of aliphatic hydroxyl groups is 1. The SMILES string of the molecule is CC1=CC(O)C2C(C)CCC12. The van der Waals surface area contributed by atoms with E-state index in [0.29, 0.717) is 11.8 Å². The van der Waals surface area contributed by atoms with Gasteiger partial charge in [-0.05, 0) is 37.5 Å². The summed E-state index contributed by atoms with van der Waals surface area (Å²) < 4.78 is 0. The summed E-state index contributed by atoms with van der Waals surface area (Å²) in [5.74, 6) is 1.98. The van der Waals surface area contributed by atoms with Crippen LogP contribution in [0.15, 0.2) is 11.6 Å². The summed E-state index contributed by atoms with van der Waals surface area (Å²) in [6.07, 6.45) is 4.51. The molecule has 2 aliphatic rings. The molecule has 62 valence electrons. The average Bonchev–Trinajstić information content (AvgIpc) is 2.41. The molecule has 1 heteroatoms. The molecule has 1 nitrogen and oxygen atoms in total.